The third-order valence-electron chi connectivity index (χ3n) is 4.26. The molecule has 7 nitrogen and oxygen atoms in total. The van der Waals surface area contributed by atoms with Gasteiger partial charge in [0.25, 0.3) is 0 Å². The lowest BCUT2D eigenvalue weighted by Crippen LogP contribution is -2.13. The Kier molecular flexibility index (Phi) is 5.96. The summed E-state index contributed by atoms with van der Waals surface area (Å²) in [4.78, 5) is 16.6. The van der Waals surface area contributed by atoms with Crippen LogP contribution in [0, 0.1) is 6.92 Å². The van der Waals surface area contributed by atoms with Crippen molar-refractivity contribution in [3.63, 3.8) is 0 Å². The van der Waals surface area contributed by atoms with E-state index in [0.29, 0.717) is 24.3 Å². The van der Waals surface area contributed by atoms with Crippen molar-refractivity contribution in [1.29, 1.82) is 0 Å². The molecule has 0 fully saturated rings. The fourth-order valence-corrected chi connectivity index (χ4v) is 2.77. The maximum atomic E-state index is 12.3. The SMILES string of the molecule is Cc1ccc(CCC(=O)Nc2n[nH]c3nnc(-c4ccccc4)cc23)cn1.Cl. The van der Waals surface area contributed by atoms with Gasteiger partial charge in [0.2, 0.25) is 5.91 Å². The van der Waals surface area contributed by atoms with Crippen LogP contribution in [0.1, 0.15) is 17.7 Å². The van der Waals surface area contributed by atoms with Gasteiger partial charge >= 0.3 is 0 Å². The van der Waals surface area contributed by atoms with Crippen LogP contribution in [0.2, 0.25) is 0 Å². The molecular weight excluding hydrogens is 376 g/mol. The fraction of sp³-hybridized carbons (Fsp3) is 0.150. The van der Waals surface area contributed by atoms with Gasteiger partial charge in [0.15, 0.2) is 11.5 Å². The number of nitrogens with one attached hydrogen (secondary N) is 2. The number of aryl methyl sites for hydroxylation is 2. The summed E-state index contributed by atoms with van der Waals surface area (Å²) >= 11 is 0. The number of benzene rings is 1. The summed E-state index contributed by atoms with van der Waals surface area (Å²) in [5.74, 6) is 0.353. The number of aromatic nitrogens is 5. The Morgan fingerprint density at radius 3 is 2.68 bits per heavy atom. The topological polar surface area (TPSA) is 96.5 Å². The van der Waals surface area contributed by atoms with Crippen molar-refractivity contribution in [2.75, 3.05) is 5.32 Å². The molecular formula is C20H19ClN6O. The largest absolute Gasteiger partial charge is 0.309 e. The molecule has 4 aromatic rings. The van der Waals surface area contributed by atoms with Crippen LogP contribution in [-0.2, 0) is 11.2 Å². The fourth-order valence-electron chi connectivity index (χ4n) is 2.77. The van der Waals surface area contributed by atoms with E-state index in [0.717, 1.165) is 27.9 Å². The van der Waals surface area contributed by atoms with Gasteiger partial charge in [0, 0.05) is 23.9 Å². The van der Waals surface area contributed by atoms with Crippen LogP contribution in [-0.4, -0.2) is 31.3 Å². The number of pyridine rings is 1. The molecule has 0 saturated carbocycles. The molecule has 28 heavy (non-hydrogen) atoms. The number of amides is 1. The Hall–Kier alpha value is -3.32. The number of carbonyl (C=O) groups is 1. The number of hydrogen-bond acceptors (Lipinski definition) is 5. The summed E-state index contributed by atoms with van der Waals surface area (Å²) in [7, 11) is 0. The van der Waals surface area contributed by atoms with E-state index < -0.39 is 0 Å². The molecule has 1 aromatic carbocycles. The van der Waals surface area contributed by atoms with E-state index in [2.05, 4.69) is 30.7 Å². The monoisotopic (exact) mass is 394 g/mol. The first-order chi connectivity index (χ1) is 13.2. The number of H-pyrrole nitrogens is 1. The summed E-state index contributed by atoms with van der Waals surface area (Å²) in [6.07, 6.45) is 2.77. The van der Waals surface area contributed by atoms with Crippen molar-refractivity contribution in [2.45, 2.75) is 19.8 Å². The van der Waals surface area contributed by atoms with Crippen LogP contribution in [0.15, 0.2) is 54.7 Å². The minimum atomic E-state index is -0.109. The number of anilines is 1. The van der Waals surface area contributed by atoms with Gasteiger partial charge < -0.3 is 5.32 Å². The van der Waals surface area contributed by atoms with Crippen LogP contribution in [0.4, 0.5) is 5.82 Å². The zero-order chi connectivity index (χ0) is 18.6. The minimum absolute atomic E-state index is 0. The van der Waals surface area contributed by atoms with E-state index >= 15 is 0 Å². The van der Waals surface area contributed by atoms with Crippen molar-refractivity contribution in [2.24, 2.45) is 0 Å². The predicted molar refractivity (Wildman–Crippen MR) is 110 cm³/mol. The van der Waals surface area contributed by atoms with E-state index in [1.807, 2.05) is 55.5 Å². The number of halogens is 1. The molecule has 0 aliphatic rings. The molecule has 0 aliphatic carbocycles. The van der Waals surface area contributed by atoms with Crippen molar-refractivity contribution in [3.05, 3.63) is 66.0 Å². The van der Waals surface area contributed by atoms with E-state index in [1.54, 1.807) is 6.20 Å². The number of aromatic amines is 1. The predicted octanol–water partition coefficient (Wildman–Crippen LogP) is 3.72. The highest BCUT2D eigenvalue weighted by atomic mass is 35.5. The van der Waals surface area contributed by atoms with E-state index in [9.17, 15) is 4.79 Å². The number of hydrogen-bond donors (Lipinski definition) is 2. The first kappa shape index (κ1) is 19.4. The minimum Gasteiger partial charge on any atom is -0.309 e. The van der Waals surface area contributed by atoms with Gasteiger partial charge in [-0.15, -0.1) is 22.6 Å². The Bertz CT molecular complexity index is 1080. The molecule has 0 saturated heterocycles. The second-order valence-corrected chi connectivity index (χ2v) is 6.29. The van der Waals surface area contributed by atoms with Crippen LogP contribution < -0.4 is 5.32 Å². The molecule has 0 atom stereocenters. The molecule has 0 radical (unpaired) electrons. The van der Waals surface area contributed by atoms with Crippen LogP contribution in [0.5, 0.6) is 0 Å². The lowest BCUT2D eigenvalue weighted by molar-refractivity contribution is -0.116. The molecule has 2 N–H and O–H groups in total. The summed E-state index contributed by atoms with van der Waals surface area (Å²) in [6, 6.07) is 15.6. The molecule has 1 amide bonds. The lowest BCUT2D eigenvalue weighted by Gasteiger charge is -2.04. The Labute approximate surface area is 168 Å². The highest BCUT2D eigenvalue weighted by molar-refractivity contribution is 5.99. The smallest absolute Gasteiger partial charge is 0.225 e. The van der Waals surface area contributed by atoms with Gasteiger partial charge in [0.1, 0.15) is 0 Å². The van der Waals surface area contributed by atoms with Crippen molar-refractivity contribution in [3.8, 4) is 11.3 Å². The molecule has 0 unspecified atom stereocenters. The summed E-state index contributed by atoms with van der Waals surface area (Å²) in [5, 5.41) is 18.9. The van der Waals surface area contributed by atoms with Crippen molar-refractivity contribution >= 4 is 35.2 Å². The van der Waals surface area contributed by atoms with Gasteiger partial charge in [-0.25, -0.2) is 0 Å². The quantitative estimate of drug-likeness (QED) is 0.537. The molecule has 0 bridgehead atoms. The van der Waals surface area contributed by atoms with Gasteiger partial charge in [-0.3, -0.25) is 14.9 Å². The lowest BCUT2D eigenvalue weighted by atomic mass is 10.1. The molecule has 3 aromatic heterocycles. The number of fused-ring (bicyclic) bond motifs is 1. The molecule has 142 valence electrons. The average molecular weight is 395 g/mol. The number of nitrogens with zero attached hydrogens (tertiary/aromatic N) is 4. The normalized spacial score (nSPS) is 10.5. The van der Waals surface area contributed by atoms with Crippen LogP contribution >= 0.6 is 12.4 Å². The molecule has 3 heterocycles. The second-order valence-electron chi connectivity index (χ2n) is 6.29. The standard InChI is InChI=1S/C20H18N6O.ClH/c1-13-7-8-14(12-21-13)9-10-18(27)22-19-16-11-17(15-5-3-2-4-6-15)23-25-20(16)26-24-19;/h2-8,11-12H,9-10H2,1H3,(H2,22,24,25,26,27);1H. The molecule has 4 rings (SSSR count). The zero-order valence-electron chi connectivity index (χ0n) is 15.2. The summed E-state index contributed by atoms with van der Waals surface area (Å²) in [5.41, 5.74) is 4.21. The highest BCUT2D eigenvalue weighted by Crippen LogP contribution is 2.24. The second kappa shape index (κ2) is 8.58. The third-order valence-corrected chi connectivity index (χ3v) is 4.26. The Morgan fingerprint density at radius 1 is 1.11 bits per heavy atom. The van der Waals surface area contributed by atoms with Gasteiger partial charge in [-0.05, 0) is 31.0 Å². The summed E-state index contributed by atoms with van der Waals surface area (Å²) in [6.45, 7) is 1.94. The first-order valence-corrected chi connectivity index (χ1v) is 8.67. The van der Waals surface area contributed by atoms with Gasteiger partial charge in [-0.1, -0.05) is 36.4 Å². The maximum Gasteiger partial charge on any atom is 0.225 e. The number of rotatable bonds is 5. The number of carbonyl (C=O) groups excluding carboxylic acids is 1. The first-order valence-electron chi connectivity index (χ1n) is 8.67. The van der Waals surface area contributed by atoms with Crippen molar-refractivity contribution < 1.29 is 4.79 Å². The molecule has 0 aliphatic heterocycles. The highest BCUT2D eigenvalue weighted by Gasteiger charge is 2.12. The van der Waals surface area contributed by atoms with E-state index in [1.165, 1.54) is 0 Å². The van der Waals surface area contributed by atoms with Crippen LogP contribution in [0.25, 0.3) is 22.3 Å². The van der Waals surface area contributed by atoms with Crippen molar-refractivity contribution in [1.82, 2.24) is 25.4 Å². The Balaban J connectivity index is 0.00000225. The maximum absolute atomic E-state index is 12.3. The molecule has 0 spiro atoms. The van der Waals surface area contributed by atoms with Crippen LogP contribution in [0.3, 0.4) is 0 Å². The average Bonchev–Trinajstić information content (AvgIpc) is 3.10. The van der Waals surface area contributed by atoms with E-state index in [4.69, 9.17) is 0 Å². The van der Waals surface area contributed by atoms with E-state index in [-0.39, 0.29) is 18.3 Å². The third kappa shape index (κ3) is 4.32. The van der Waals surface area contributed by atoms with Gasteiger partial charge in [0.05, 0.1) is 11.1 Å². The molecule has 8 heteroatoms. The summed E-state index contributed by atoms with van der Waals surface area (Å²) < 4.78 is 0. The Morgan fingerprint density at radius 2 is 1.93 bits per heavy atom. The zero-order valence-corrected chi connectivity index (χ0v) is 16.0. The van der Waals surface area contributed by atoms with Gasteiger partial charge in [-0.2, -0.15) is 5.10 Å².